The maximum absolute atomic E-state index is 6.05. The third kappa shape index (κ3) is 5.03. The highest BCUT2D eigenvalue weighted by Crippen LogP contribution is 2.24. The SMILES string of the molecule is CC(C)C(CN=C(N)NC1CCCCC1)c1cccnc1. The minimum Gasteiger partial charge on any atom is -0.370 e. The molecule has 1 saturated carbocycles. The number of rotatable bonds is 5. The van der Waals surface area contributed by atoms with E-state index in [-0.39, 0.29) is 0 Å². The molecule has 0 amide bonds. The molecule has 21 heavy (non-hydrogen) atoms. The topological polar surface area (TPSA) is 63.3 Å². The van der Waals surface area contributed by atoms with Crippen LogP contribution in [0, 0.1) is 5.92 Å². The summed E-state index contributed by atoms with van der Waals surface area (Å²) in [6.45, 7) is 5.16. The van der Waals surface area contributed by atoms with E-state index in [2.05, 4.69) is 35.2 Å². The normalized spacial score (nSPS) is 18.7. The van der Waals surface area contributed by atoms with Crippen LogP contribution in [0.1, 0.15) is 57.4 Å². The maximum Gasteiger partial charge on any atom is 0.188 e. The third-order valence-electron chi connectivity index (χ3n) is 4.33. The van der Waals surface area contributed by atoms with Gasteiger partial charge in [-0.2, -0.15) is 0 Å². The molecular weight excluding hydrogens is 260 g/mol. The molecule has 4 heteroatoms. The van der Waals surface area contributed by atoms with Crippen molar-refractivity contribution in [2.24, 2.45) is 16.6 Å². The van der Waals surface area contributed by atoms with Gasteiger partial charge in [-0.3, -0.25) is 9.98 Å². The zero-order chi connectivity index (χ0) is 15.1. The van der Waals surface area contributed by atoms with Gasteiger partial charge in [0.25, 0.3) is 0 Å². The van der Waals surface area contributed by atoms with Crippen LogP contribution in [0.15, 0.2) is 29.5 Å². The quantitative estimate of drug-likeness (QED) is 0.646. The molecule has 1 aliphatic carbocycles. The molecule has 1 unspecified atom stereocenters. The Morgan fingerprint density at radius 1 is 1.38 bits per heavy atom. The van der Waals surface area contributed by atoms with Crippen molar-refractivity contribution in [2.45, 2.75) is 57.9 Å². The van der Waals surface area contributed by atoms with E-state index in [1.54, 1.807) is 0 Å². The minimum atomic E-state index is 0.366. The third-order valence-corrected chi connectivity index (χ3v) is 4.33. The first kappa shape index (κ1) is 15.8. The molecule has 0 radical (unpaired) electrons. The number of nitrogens with zero attached hydrogens (tertiary/aromatic N) is 2. The molecule has 1 atom stereocenters. The molecule has 1 fully saturated rings. The first-order valence-corrected chi connectivity index (χ1v) is 8.13. The van der Waals surface area contributed by atoms with Gasteiger partial charge in [-0.1, -0.05) is 39.2 Å². The van der Waals surface area contributed by atoms with Gasteiger partial charge in [0.05, 0.1) is 0 Å². The Hall–Kier alpha value is -1.58. The fraction of sp³-hybridized carbons (Fsp3) is 0.647. The Morgan fingerprint density at radius 3 is 2.76 bits per heavy atom. The van der Waals surface area contributed by atoms with Crippen LogP contribution >= 0.6 is 0 Å². The van der Waals surface area contributed by atoms with Crippen LogP contribution in [0.5, 0.6) is 0 Å². The summed E-state index contributed by atoms with van der Waals surface area (Å²) in [5, 5.41) is 3.38. The first-order valence-electron chi connectivity index (χ1n) is 8.13. The molecule has 1 aliphatic rings. The molecular formula is C17H28N4. The monoisotopic (exact) mass is 288 g/mol. The van der Waals surface area contributed by atoms with Crippen molar-refractivity contribution in [3.8, 4) is 0 Å². The van der Waals surface area contributed by atoms with Crippen LogP contribution in [0.25, 0.3) is 0 Å². The summed E-state index contributed by atoms with van der Waals surface area (Å²) >= 11 is 0. The highest BCUT2D eigenvalue weighted by molar-refractivity contribution is 5.78. The fourth-order valence-electron chi connectivity index (χ4n) is 2.99. The van der Waals surface area contributed by atoms with Crippen molar-refractivity contribution in [2.75, 3.05) is 6.54 Å². The lowest BCUT2D eigenvalue weighted by Crippen LogP contribution is -2.41. The summed E-state index contributed by atoms with van der Waals surface area (Å²) in [4.78, 5) is 8.79. The summed E-state index contributed by atoms with van der Waals surface area (Å²) < 4.78 is 0. The maximum atomic E-state index is 6.05. The second-order valence-electron chi connectivity index (χ2n) is 6.34. The van der Waals surface area contributed by atoms with Gasteiger partial charge in [-0.15, -0.1) is 0 Å². The average Bonchev–Trinajstić information content (AvgIpc) is 2.49. The molecule has 0 saturated heterocycles. The Kier molecular flexibility index (Phi) is 6.03. The van der Waals surface area contributed by atoms with E-state index in [9.17, 15) is 0 Å². The molecule has 3 N–H and O–H groups in total. The van der Waals surface area contributed by atoms with Crippen LogP contribution in [0.2, 0.25) is 0 Å². The van der Waals surface area contributed by atoms with E-state index in [1.165, 1.54) is 37.7 Å². The van der Waals surface area contributed by atoms with Gasteiger partial charge in [-0.25, -0.2) is 0 Å². The highest BCUT2D eigenvalue weighted by Gasteiger charge is 2.17. The number of nitrogens with one attached hydrogen (secondary N) is 1. The van der Waals surface area contributed by atoms with Crippen LogP contribution in [0.4, 0.5) is 0 Å². The summed E-state index contributed by atoms with van der Waals surface area (Å²) in [5.74, 6) is 1.47. The number of guanidine groups is 1. The lowest BCUT2D eigenvalue weighted by Gasteiger charge is -2.24. The lowest BCUT2D eigenvalue weighted by molar-refractivity contribution is 0.411. The zero-order valence-electron chi connectivity index (χ0n) is 13.3. The first-order chi connectivity index (χ1) is 10.2. The number of hydrogen-bond donors (Lipinski definition) is 2. The molecule has 1 aromatic rings. The second kappa shape index (κ2) is 8.01. The zero-order valence-corrected chi connectivity index (χ0v) is 13.3. The van der Waals surface area contributed by atoms with Crippen molar-refractivity contribution >= 4 is 5.96 Å². The lowest BCUT2D eigenvalue weighted by atomic mass is 9.89. The Balaban J connectivity index is 1.92. The molecule has 116 valence electrons. The highest BCUT2D eigenvalue weighted by atomic mass is 15.1. The van der Waals surface area contributed by atoms with E-state index in [0.717, 1.165) is 6.54 Å². The van der Waals surface area contributed by atoms with Crippen molar-refractivity contribution in [3.05, 3.63) is 30.1 Å². The standard InChI is InChI=1S/C17H28N4/c1-13(2)16(14-7-6-10-19-11-14)12-20-17(18)21-15-8-4-3-5-9-15/h6-7,10-11,13,15-16H,3-5,8-9,12H2,1-2H3,(H3,18,20,21). The van der Waals surface area contributed by atoms with Crippen molar-refractivity contribution in [1.82, 2.24) is 10.3 Å². The van der Waals surface area contributed by atoms with Crippen molar-refractivity contribution < 1.29 is 0 Å². The summed E-state index contributed by atoms with van der Waals surface area (Å²) in [6, 6.07) is 4.62. The van der Waals surface area contributed by atoms with Crippen LogP contribution in [0.3, 0.4) is 0 Å². The molecule has 0 spiro atoms. The summed E-state index contributed by atoms with van der Waals surface area (Å²) in [5.41, 5.74) is 7.29. The Bertz CT molecular complexity index is 435. The molecule has 1 heterocycles. The van der Waals surface area contributed by atoms with Crippen LogP contribution < -0.4 is 11.1 Å². The average molecular weight is 288 g/mol. The van der Waals surface area contributed by atoms with Gasteiger partial charge in [-0.05, 0) is 30.4 Å². The van der Waals surface area contributed by atoms with Gasteiger partial charge in [0, 0.05) is 30.9 Å². The van der Waals surface area contributed by atoms with Crippen molar-refractivity contribution in [1.29, 1.82) is 0 Å². The Labute approximate surface area is 128 Å². The van der Waals surface area contributed by atoms with Gasteiger partial charge < -0.3 is 11.1 Å². The summed E-state index contributed by atoms with van der Waals surface area (Å²) in [7, 11) is 0. The smallest absolute Gasteiger partial charge is 0.188 e. The van der Waals surface area contributed by atoms with E-state index >= 15 is 0 Å². The number of aromatic nitrogens is 1. The second-order valence-corrected chi connectivity index (χ2v) is 6.34. The van der Waals surface area contributed by atoms with Crippen LogP contribution in [-0.2, 0) is 0 Å². The van der Waals surface area contributed by atoms with Gasteiger partial charge in [0.2, 0.25) is 0 Å². The Morgan fingerprint density at radius 2 is 2.14 bits per heavy atom. The minimum absolute atomic E-state index is 0.366. The van der Waals surface area contributed by atoms with Crippen molar-refractivity contribution in [3.63, 3.8) is 0 Å². The number of hydrogen-bond acceptors (Lipinski definition) is 2. The number of aliphatic imine (C=N–C) groups is 1. The molecule has 0 aromatic carbocycles. The van der Waals surface area contributed by atoms with E-state index in [1.807, 2.05) is 18.5 Å². The van der Waals surface area contributed by atoms with Gasteiger partial charge >= 0.3 is 0 Å². The van der Waals surface area contributed by atoms with E-state index in [0.29, 0.717) is 23.8 Å². The fourth-order valence-corrected chi connectivity index (χ4v) is 2.99. The van der Waals surface area contributed by atoms with Gasteiger partial charge in [0.1, 0.15) is 0 Å². The molecule has 2 rings (SSSR count). The van der Waals surface area contributed by atoms with Gasteiger partial charge in [0.15, 0.2) is 5.96 Å². The molecule has 0 aliphatic heterocycles. The number of nitrogens with two attached hydrogens (primary N) is 1. The predicted molar refractivity (Wildman–Crippen MR) is 88.3 cm³/mol. The van der Waals surface area contributed by atoms with Crippen LogP contribution in [-0.4, -0.2) is 23.5 Å². The molecule has 0 bridgehead atoms. The summed E-state index contributed by atoms with van der Waals surface area (Å²) in [6.07, 6.45) is 10.1. The van der Waals surface area contributed by atoms with E-state index in [4.69, 9.17) is 5.73 Å². The molecule has 1 aromatic heterocycles. The van der Waals surface area contributed by atoms with E-state index < -0.39 is 0 Å². The largest absolute Gasteiger partial charge is 0.370 e. The number of pyridine rings is 1. The molecule has 4 nitrogen and oxygen atoms in total. The predicted octanol–water partition coefficient (Wildman–Crippen LogP) is 3.06.